The fourth-order valence-electron chi connectivity index (χ4n) is 0.612. The SMILES string of the molecule is CC.FC(F)(F)c1cc(C(F)(F)F)[nH]n1. The summed E-state index contributed by atoms with van der Waals surface area (Å²) in [6.45, 7) is 4.00. The average Bonchev–Trinajstić information content (AvgIpc) is 2.53. The summed E-state index contributed by atoms with van der Waals surface area (Å²) in [5.41, 5.74) is -3.10. The summed E-state index contributed by atoms with van der Waals surface area (Å²) in [6.07, 6.45) is -9.70. The number of aromatic amines is 1. The molecule has 8 heteroatoms. The highest BCUT2D eigenvalue weighted by Crippen LogP contribution is 2.33. The summed E-state index contributed by atoms with van der Waals surface area (Å²) in [7, 11) is 0. The highest BCUT2D eigenvalue weighted by atomic mass is 19.4. The van der Waals surface area contributed by atoms with Gasteiger partial charge < -0.3 is 0 Å². The van der Waals surface area contributed by atoms with Crippen LogP contribution < -0.4 is 0 Å². The van der Waals surface area contributed by atoms with Gasteiger partial charge in [-0.25, -0.2) is 0 Å². The van der Waals surface area contributed by atoms with Crippen LogP contribution >= 0.6 is 0 Å². The predicted octanol–water partition coefficient (Wildman–Crippen LogP) is 3.47. The summed E-state index contributed by atoms with van der Waals surface area (Å²) in [4.78, 5) is 0. The van der Waals surface area contributed by atoms with E-state index in [-0.39, 0.29) is 6.07 Å². The Hall–Kier alpha value is -1.21. The molecule has 1 aromatic rings. The van der Waals surface area contributed by atoms with Gasteiger partial charge in [0.2, 0.25) is 0 Å². The number of aromatic nitrogens is 2. The molecule has 0 bridgehead atoms. The van der Waals surface area contributed by atoms with E-state index in [0.717, 1.165) is 0 Å². The summed E-state index contributed by atoms with van der Waals surface area (Å²) in [5.74, 6) is 0. The zero-order valence-corrected chi connectivity index (χ0v) is 7.79. The molecule has 0 aliphatic rings. The van der Waals surface area contributed by atoms with Gasteiger partial charge in [0.15, 0.2) is 5.69 Å². The van der Waals surface area contributed by atoms with E-state index < -0.39 is 23.7 Å². The molecule has 0 aliphatic heterocycles. The van der Waals surface area contributed by atoms with Crippen LogP contribution in [-0.2, 0) is 12.4 Å². The maximum absolute atomic E-state index is 11.8. The first-order chi connectivity index (χ1) is 6.71. The van der Waals surface area contributed by atoms with Gasteiger partial charge in [0.25, 0.3) is 0 Å². The minimum atomic E-state index is -4.86. The van der Waals surface area contributed by atoms with E-state index in [9.17, 15) is 26.3 Å². The lowest BCUT2D eigenvalue weighted by Gasteiger charge is -2.00. The number of nitrogens with one attached hydrogen (secondary N) is 1. The fraction of sp³-hybridized carbons (Fsp3) is 0.571. The molecule has 15 heavy (non-hydrogen) atoms. The third-order valence-corrected chi connectivity index (χ3v) is 1.17. The molecule has 1 rings (SSSR count). The predicted molar refractivity (Wildman–Crippen MR) is 39.9 cm³/mol. The Morgan fingerprint density at radius 1 is 1.00 bits per heavy atom. The fourth-order valence-corrected chi connectivity index (χ4v) is 0.612. The number of nitrogens with zero attached hydrogens (tertiary/aromatic N) is 1. The van der Waals surface area contributed by atoms with Crippen molar-refractivity contribution < 1.29 is 26.3 Å². The first-order valence-corrected chi connectivity index (χ1v) is 3.91. The number of rotatable bonds is 0. The number of halogens is 6. The van der Waals surface area contributed by atoms with E-state index in [4.69, 9.17) is 0 Å². The molecular formula is C7H8F6N2. The van der Waals surface area contributed by atoms with Crippen LogP contribution in [0.2, 0.25) is 0 Å². The van der Waals surface area contributed by atoms with Crippen LogP contribution in [-0.4, -0.2) is 10.2 Å². The van der Waals surface area contributed by atoms with Crippen molar-refractivity contribution in [2.45, 2.75) is 26.2 Å². The van der Waals surface area contributed by atoms with Gasteiger partial charge in [0.05, 0.1) is 0 Å². The second kappa shape index (κ2) is 4.54. The quantitative estimate of drug-likeness (QED) is 0.684. The molecular weight excluding hydrogens is 226 g/mol. The van der Waals surface area contributed by atoms with E-state index in [0.29, 0.717) is 0 Å². The summed E-state index contributed by atoms with van der Waals surface area (Å²) < 4.78 is 70.5. The van der Waals surface area contributed by atoms with Crippen LogP contribution in [0.4, 0.5) is 26.3 Å². The molecule has 1 heterocycles. The van der Waals surface area contributed by atoms with Gasteiger partial charge in [-0.2, -0.15) is 31.4 Å². The number of H-pyrrole nitrogens is 1. The molecule has 1 N–H and O–H groups in total. The van der Waals surface area contributed by atoms with Crippen LogP contribution in [0, 0.1) is 0 Å². The van der Waals surface area contributed by atoms with E-state index in [1.54, 1.807) is 0 Å². The maximum Gasteiger partial charge on any atom is 0.435 e. The van der Waals surface area contributed by atoms with E-state index >= 15 is 0 Å². The average molecular weight is 234 g/mol. The van der Waals surface area contributed by atoms with Crippen LogP contribution in [0.1, 0.15) is 25.2 Å². The van der Waals surface area contributed by atoms with E-state index in [1.807, 2.05) is 13.8 Å². The Balaban J connectivity index is 0.000000921. The molecule has 0 fully saturated rings. The lowest BCUT2D eigenvalue weighted by molar-refractivity contribution is -0.143. The second-order valence-electron chi connectivity index (χ2n) is 2.16. The van der Waals surface area contributed by atoms with Crippen molar-refractivity contribution in [2.75, 3.05) is 0 Å². The van der Waals surface area contributed by atoms with Gasteiger partial charge in [0.1, 0.15) is 5.69 Å². The minimum Gasteiger partial charge on any atom is -0.273 e. The summed E-state index contributed by atoms with van der Waals surface area (Å²) >= 11 is 0. The van der Waals surface area contributed by atoms with Crippen molar-refractivity contribution >= 4 is 0 Å². The van der Waals surface area contributed by atoms with Gasteiger partial charge in [-0.05, 0) is 0 Å². The first kappa shape index (κ1) is 13.8. The Kier molecular flexibility index (Phi) is 4.17. The van der Waals surface area contributed by atoms with Crippen molar-refractivity contribution in [2.24, 2.45) is 0 Å². The van der Waals surface area contributed by atoms with Crippen LogP contribution in [0.5, 0.6) is 0 Å². The molecule has 0 aliphatic carbocycles. The molecule has 0 spiro atoms. The molecule has 0 atom stereocenters. The normalized spacial score (nSPS) is 12.0. The summed E-state index contributed by atoms with van der Waals surface area (Å²) in [5, 5.41) is 3.74. The highest BCUT2D eigenvalue weighted by molar-refractivity contribution is 5.13. The molecule has 0 unspecified atom stereocenters. The lowest BCUT2D eigenvalue weighted by Crippen LogP contribution is -2.06. The zero-order chi connectivity index (χ0) is 12.3. The zero-order valence-electron chi connectivity index (χ0n) is 7.79. The molecule has 0 radical (unpaired) electrons. The Bertz CT molecular complexity index is 269. The van der Waals surface area contributed by atoms with E-state index in [1.165, 1.54) is 5.10 Å². The molecule has 88 valence electrons. The van der Waals surface area contributed by atoms with Gasteiger partial charge in [-0.15, -0.1) is 0 Å². The topological polar surface area (TPSA) is 28.7 Å². The minimum absolute atomic E-state index is 0.0833. The van der Waals surface area contributed by atoms with Crippen molar-refractivity contribution in [3.63, 3.8) is 0 Å². The van der Waals surface area contributed by atoms with Crippen molar-refractivity contribution in [1.29, 1.82) is 0 Å². The van der Waals surface area contributed by atoms with E-state index in [2.05, 4.69) is 5.10 Å². The highest BCUT2D eigenvalue weighted by Gasteiger charge is 2.39. The van der Waals surface area contributed by atoms with Crippen LogP contribution in [0.15, 0.2) is 6.07 Å². The number of alkyl halides is 6. The monoisotopic (exact) mass is 234 g/mol. The molecule has 0 saturated carbocycles. The smallest absolute Gasteiger partial charge is 0.273 e. The van der Waals surface area contributed by atoms with Crippen LogP contribution in [0.3, 0.4) is 0 Å². The molecule has 1 aromatic heterocycles. The Morgan fingerprint density at radius 2 is 1.47 bits per heavy atom. The Morgan fingerprint density at radius 3 is 1.67 bits per heavy atom. The van der Waals surface area contributed by atoms with Gasteiger partial charge in [-0.1, -0.05) is 13.8 Å². The maximum atomic E-state index is 11.8. The van der Waals surface area contributed by atoms with Gasteiger partial charge >= 0.3 is 12.4 Å². The largest absolute Gasteiger partial charge is 0.435 e. The van der Waals surface area contributed by atoms with Crippen molar-refractivity contribution in [3.8, 4) is 0 Å². The first-order valence-electron chi connectivity index (χ1n) is 3.91. The lowest BCUT2D eigenvalue weighted by atomic mass is 10.3. The standard InChI is InChI=1S/C5H2F6N2.C2H6/c6-4(7,8)2-1-3(13-12-2)5(9,10)11;1-2/h1H,(H,12,13);1-2H3. The molecule has 2 nitrogen and oxygen atoms in total. The molecule has 0 amide bonds. The number of hydrogen-bond acceptors (Lipinski definition) is 1. The summed E-state index contributed by atoms with van der Waals surface area (Å²) in [6, 6.07) is -0.0833. The second-order valence-corrected chi connectivity index (χ2v) is 2.16. The Labute approximate surface area is 81.3 Å². The van der Waals surface area contributed by atoms with Gasteiger partial charge in [-0.3, -0.25) is 5.10 Å². The third-order valence-electron chi connectivity index (χ3n) is 1.17. The van der Waals surface area contributed by atoms with Gasteiger partial charge in [0, 0.05) is 6.07 Å². The third kappa shape index (κ3) is 3.80. The van der Waals surface area contributed by atoms with Crippen molar-refractivity contribution in [1.82, 2.24) is 10.2 Å². The van der Waals surface area contributed by atoms with Crippen LogP contribution in [0.25, 0.3) is 0 Å². The molecule has 0 saturated heterocycles. The number of hydrogen-bond donors (Lipinski definition) is 1. The van der Waals surface area contributed by atoms with Crippen molar-refractivity contribution in [3.05, 3.63) is 17.5 Å². The molecule has 0 aromatic carbocycles.